The van der Waals surface area contributed by atoms with Crippen LogP contribution in [0.4, 0.5) is 0 Å². The Morgan fingerprint density at radius 3 is 2.38 bits per heavy atom. The molecule has 0 unspecified atom stereocenters. The van der Waals surface area contributed by atoms with Gasteiger partial charge >= 0.3 is 0 Å². The molecular formula is C23H22N2O4. The van der Waals surface area contributed by atoms with Crippen LogP contribution < -0.4 is 14.2 Å². The van der Waals surface area contributed by atoms with Crippen molar-refractivity contribution < 1.29 is 19.0 Å². The number of aliphatic imine (C=N–C) groups is 1. The second-order valence-electron chi connectivity index (χ2n) is 6.72. The van der Waals surface area contributed by atoms with Gasteiger partial charge in [-0.3, -0.25) is 9.79 Å². The van der Waals surface area contributed by atoms with Crippen LogP contribution in [-0.4, -0.2) is 37.9 Å². The standard InChI is InChI=1S/C23H22N2O4/c1-27-18-9-6-15(7-10-18)23(26)22-21(24-14-17-5-4-12-25(17)22)16-8-11-19(28-2)20(13-16)29-3/h4-14,21-22H,1-3H3/t21-,22+/m1/s1. The minimum Gasteiger partial charge on any atom is -0.497 e. The fourth-order valence-electron chi connectivity index (χ4n) is 3.66. The summed E-state index contributed by atoms with van der Waals surface area (Å²) in [5.74, 6) is 1.94. The summed E-state index contributed by atoms with van der Waals surface area (Å²) in [5, 5.41) is 0. The molecule has 0 bridgehead atoms. The number of carbonyl (C=O) groups excluding carboxylic acids is 1. The minimum absolute atomic E-state index is 0.0123. The van der Waals surface area contributed by atoms with E-state index in [2.05, 4.69) is 0 Å². The zero-order valence-corrected chi connectivity index (χ0v) is 16.5. The van der Waals surface area contributed by atoms with E-state index < -0.39 is 6.04 Å². The quantitative estimate of drug-likeness (QED) is 0.594. The number of methoxy groups -OCH3 is 3. The van der Waals surface area contributed by atoms with Crippen molar-refractivity contribution in [1.82, 2.24) is 4.57 Å². The number of rotatable bonds is 6. The van der Waals surface area contributed by atoms with Crippen LogP contribution in [-0.2, 0) is 0 Å². The summed E-state index contributed by atoms with van der Waals surface area (Å²) in [6, 6.07) is 15.8. The number of ether oxygens (including phenoxy) is 3. The molecule has 0 saturated carbocycles. The Balaban J connectivity index is 1.77. The number of ketones is 1. The van der Waals surface area contributed by atoms with Gasteiger partial charge in [0, 0.05) is 18.0 Å². The minimum atomic E-state index is -0.503. The van der Waals surface area contributed by atoms with E-state index in [4.69, 9.17) is 19.2 Å². The Morgan fingerprint density at radius 2 is 1.69 bits per heavy atom. The summed E-state index contributed by atoms with van der Waals surface area (Å²) in [6.45, 7) is 0. The van der Waals surface area contributed by atoms with Gasteiger partial charge in [-0.15, -0.1) is 0 Å². The van der Waals surface area contributed by atoms with Crippen molar-refractivity contribution in [2.75, 3.05) is 21.3 Å². The van der Waals surface area contributed by atoms with E-state index in [9.17, 15) is 4.79 Å². The molecule has 1 aromatic heterocycles. The van der Waals surface area contributed by atoms with Crippen molar-refractivity contribution in [3.8, 4) is 17.2 Å². The molecule has 1 aliphatic heterocycles. The highest BCUT2D eigenvalue weighted by atomic mass is 16.5. The molecule has 2 atom stereocenters. The predicted molar refractivity (Wildman–Crippen MR) is 111 cm³/mol. The fraction of sp³-hybridized carbons (Fsp3) is 0.217. The number of aromatic nitrogens is 1. The van der Waals surface area contributed by atoms with Crippen LogP contribution in [0.2, 0.25) is 0 Å². The first kappa shape index (κ1) is 18.8. The summed E-state index contributed by atoms with van der Waals surface area (Å²) in [5.41, 5.74) is 2.39. The highest BCUT2D eigenvalue weighted by Crippen LogP contribution is 2.39. The van der Waals surface area contributed by atoms with Gasteiger partial charge in [0.25, 0.3) is 0 Å². The van der Waals surface area contributed by atoms with Crippen LogP contribution >= 0.6 is 0 Å². The number of nitrogens with zero attached hydrogens (tertiary/aromatic N) is 2. The molecule has 6 heteroatoms. The maximum Gasteiger partial charge on any atom is 0.188 e. The van der Waals surface area contributed by atoms with Gasteiger partial charge in [-0.25, -0.2) is 0 Å². The summed E-state index contributed by atoms with van der Waals surface area (Å²) in [7, 11) is 4.79. The second kappa shape index (κ2) is 7.83. The van der Waals surface area contributed by atoms with E-state index in [0.29, 0.717) is 22.8 Å². The number of carbonyl (C=O) groups is 1. The second-order valence-corrected chi connectivity index (χ2v) is 6.72. The fourth-order valence-corrected chi connectivity index (χ4v) is 3.66. The van der Waals surface area contributed by atoms with E-state index in [1.807, 2.05) is 41.1 Å². The SMILES string of the molecule is COc1ccc(C(=O)[C@@H]2[C@@H](c3ccc(OC)c(OC)c3)N=Cc3cccn32)cc1. The first-order chi connectivity index (χ1) is 14.2. The normalized spacial score (nSPS) is 17.5. The molecular weight excluding hydrogens is 368 g/mol. The summed E-state index contributed by atoms with van der Waals surface area (Å²) in [6.07, 6.45) is 3.72. The van der Waals surface area contributed by atoms with Crippen molar-refractivity contribution >= 4 is 12.0 Å². The van der Waals surface area contributed by atoms with Gasteiger partial charge in [0.15, 0.2) is 17.3 Å². The van der Waals surface area contributed by atoms with Crippen molar-refractivity contribution in [2.45, 2.75) is 12.1 Å². The van der Waals surface area contributed by atoms with Crippen molar-refractivity contribution in [3.63, 3.8) is 0 Å². The van der Waals surface area contributed by atoms with E-state index in [1.54, 1.807) is 51.8 Å². The van der Waals surface area contributed by atoms with E-state index in [-0.39, 0.29) is 11.8 Å². The molecule has 2 aromatic carbocycles. The van der Waals surface area contributed by atoms with E-state index in [0.717, 1.165) is 11.3 Å². The molecule has 0 fully saturated rings. The van der Waals surface area contributed by atoms with Crippen LogP contribution in [0, 0.1) is 0 Å². The van der Waals surface area contributed by atoms with Gasteiger partial charge in [0.05, 0.1) is 27.0 Å². The zero-order chi connectivity index (χ0) is 20.4. The molecule has 0 N–H and O–H groups in total. The van der Waals surface area contributed by atoms with Crippen LogP contribution in [0.3, 0.4) is 0 Å². The van der Waals surface area contributed by atoms with E-state index in [1.165, 1.54) is 0 Å². The third-order valence-corrected chi connectivity index (χ3v) is 5.17. The molecule has 0 saturated heterocycles. The maximum absolute atomic E-state index is 13.5. The molecule has 0 amide bonds. The van der Waals surface area contributed by atoms with Gasteiger partial charge in [0.1, 0.15) is 17.8 Å². The smallest absolute Gasteiger partial charge is 0.188 e. The van der Waals surface area contributed by atoms with Gasteiger partial charge in [-0.1, -0.05) is 6.07 Å². The largest absolute Gasteiger partial charge is 0.497 e. The zero-order valence-electron chi connectivity index (χ0n) is 16.5. The lowest BCUT2D eigenvalue weighted by Crippen LogP contribution is -2.29. The number of hydrogen-bond acceptors (Lipinski definition) is 5. The lowest BCUT2D eigenvalue weighted by molar-refractivity contribution is 0.0905. The lowest BCUT2D eigenvalue weighted by Gasteiger charge is -2.29. The summed E-state index contributed by atoms with van der Waals surface area (Å²) < 4.78 is 18.0. The average molecular weight is 390 g/mol. The van der Waals surface area contributed by atoms with Crippen LogP contribution in [0.15, 0.2) is 65.8 Å². The summed E-state index contributed by atoms with van der Waals surface area (Å²) in [4.78, 5) is 18.2. The first-order valence-electron chi connectivity index (χ1n) is 9.26. The molecule has 4 rings (SSSR count). The summed E-state index contributed by atoms with van der Waals surface area (Å²) >= 11 is 0. The van der Waals surface area contributed by atoms with Crippen molar-refractivity contribution in [1.29, 1.82) is 0 Å². The van der Waals surface area contributed by atoms with Gasteiger partial charge in [0.2, 0.25) is 0 Å². The topological polar surface area (TPSA) is 62.1 Å². The molecule has 2 heterocycles. The number of benzene rings is 2. The Hall–Kier alpha value is -3.54. The highest BCUT2D eigenvalue weighted by molar-refractivity contribution is 6.01. The number of fused-ring (bicyclic) bond motifs is 1. The third kappa shape index (κ3) is 3.38. The Morgan fingerprint density at radius 1 is 0.931 bits per heavy atom. The van der Waals surface area contributed by atoms with Crippen LogP contribution in [0.25, 0.3) is 0 Å². The van der Waals surface area contributed by atoms with Crippen LogP contribution in [0.1, 0.15) is 33.7 Å². The molecule has 1 aliphatic rings. The van der Waals surface area contributed by atoms with Gasteiger partial charge < -0.3 is 18.8 Å². The molecule has 29 heavy (non-hydrogen) atoms. The third-order valence-electron chi connectivity index (χ3n) is 5.17. The maximum atomic E-state index is 13.5. The molecule has 0 radical (unpaired) electrons. The molecule has 148 valence electrons. The predicted octanol–water partition coefficient (Wildman–Crippen LogP) is 4.11. The molecule has 0 aliphatic carbocycles. The van der Waals surface area contributed by atoms with Gasteiger partial charge in [-0.2, -0.15) is 0 Å². The Bertz CT molecular complexity index is 1050. The molecule has 0 spiro atoms. The van der Waals surface area contributed by atoms with E-state index >= 15 is 0 Å². The van der Waals surface area contributed by atoms with Crippen molar-refractivity contribution in [2.24, 2.45) is 4.99 Å². The highest BCUT2D eigenvalue weighted by Gasteiger charge is 2.35. The van der Waals surface area contributed by atoms with Gasteiger partial charge in [-0.05, 0) is 54.1 Å². The Kier molecular flexibility index (Phi) is 5.08. The monoisotopic (exact) mass is 390 g/mol. The van der Waals surface area contributed by atoms with Crippen molar-refractivity contribution in [3.05, 3.63) is 77.6 Å². The Labute approximate surface area is 169 Å². The average Bonchev–Trinajstić information content (AvgIpc) is 3.26. The first-order valence-corrected chi connectivity index (χ1v) is 9.26. The number of hydrogen-bond donors (Lipinski definition) is 0. The molecule has 3 aromatic rings. The lowest BCUT2D eigenvalue weighted by atomic mass is 9.91. The number of Topliss-reactive ketones (excluding diaryl/α,β-unsaturated/α-hetero) is 1. The molecule has 6 nitrogen and oxygen atoms in total. The van der Waals surface area contributed by atoms with Crippen LogP contribution in [0.5, 0.6) is 17.2 Å².